The summed E-state index contributed by atoms with van der Waals surface area (Å²) in [6.07, 6.45) is -3.82. The molecule has 2 N–H and O–H groups in total. The molecule has 0 bridgehead atoms. The summed E-state index contributed by atoms with van der Waals surface area (Å²) in [5.41, 5.74) is 0.876. The van der Waals surface area contributed by atoms with Crippen LogP contribution in [0.2, 0.25) is 5.02 Å². The number of halogens is 4. The molecule has 2 atom stereocenters. The Balaban J connectivity index is 1.66. The van der Waals surface area contributed by atoms with Gasteiger partial charge in [-0.15, -0.1) is 0 Å². The fourth-order valence-corrected chi connectivity index (χ4v) is 4.10. The minimum atomic E-state index is -4.37. The first kappa shape index (κ1) is 24.5. The molecule has 32 heavy (non-hydrogen) atoms. The van der Waals surface area contributed by atoms with Crippen molar-refractivity contribution in [3.8, 4) is 0 Å². The van der Waals surface area contributed by atoms with Crippen molar-refractivity contribution < 1.29 is 22.7 Å². The van der Waals surface area contributed by atoms with Crippen molar-refractivity contribution in [2.24, 2.45) is 0 Å². The monoisotopic (exact) mass is 469 g/mol. The molecule has 1 amide bonds. The minimum absolute atomic E-state index is 0.0399. The third-order valence-electron chi connectivity index (χ3n) is 5.44. The lowest BCUT2D eigenvalue weighted by molar-refractivity contribution is -0.137. The van der Waals surface area contributed by atoms with Gasteiger partial charge in [-0.2, -0.15) is 13.2 Å². The standard InChI is InChI=1S/C23H27ClF3N3O2/c1-32-9-8-28-22(31)21-12-20(15-30(21)14-17-5-3-7-19(24)11-17)29-13-16-4-2-6-18(10-16)23(25,26)27/h2-7,10-11,20-21,29H,8-9,12-15H2,1H3,(H,28,31)/t20-,21-/m0/s1. The largest absolute Gasteiger partial charge is 0.416 e. The van der Waals surface area contributed by atoms with Crippen LogP contribution in [0.15, 0.2) is 48.5 Å². The lowest BCUT2D eigenvalue weighted by Crippen LogP contribution is -2.43. The molecule has 1 saturated heterocycles. The maximum Gasteiger partial charge on any atom is 0.416 e. The first-order valence-corrected chi connectivity index (χ1v) is 10.8. The van der Waals surface area contributed by atoms with E-state index in [1.54, 1.807) is 19.2 Å². The van der Waals surface area contributed by atoms with Gasteiger partial charge in [-0.05, 0) is 35.7 Å². The van der Waals surface area contributed by atoms with Gasteiger partial charge in [0.2, 0.25) is 5.91 Å². The van der Waals surface area contributed by atoms with E-state index in [0.717, 1.165) is 17.7 Å². The summed E-state index contributed by atoms with van der Waals surface area (Å²) in [6, 6.07) is 12.4. The minimum Gasteiger partial charge on any atom is -0.383 e. The smallest absolute Gasteiger partial charge is 0.383 e. The molecule has 5 nitrogen and oxygen atoms in total. The summed E-state index contributed by atoms with van der Waals surface area (Å²) in [7, 11) is 1.57. The quantitative estimate of drug-likeness (QED) is 0.548. The highest BCUT2D eigenvalue weighted by molar-refractivity contribution is 6.30. The SMILES string of the molecule is COCCNC(=O)[C@@H]1C[C@H](NCc2cccc(C(F)(F)F)c2)CN1Cc1cccc(Cl)c1. The molecule has 0 saturated carbocycles. The highest BCUT2D eigenvalue weighted by Crippen LogP contribution is 2.29. The number of amides is 1. The van der Waals surface area contributed by atoms with E-state index >= 15 is 0 Å². The average molecular weight is 470 g/mol. The number of nitrogens with zero attached hydrogens (tertiary/aromatic N) is 1. The highest BCUT2D eigenvalue weighted by atomic mass is 35.5. The summed E-state index contributed by atoms with van der Waals surface area (Å²) >= 11 is 6.10. The molecule has 2 aromatic carbocycles. The Labute approximate surface area is 190 Å². The number of alkyl halides is 3. The van der Waals surface area contributed by atoms with E-state index in [-0.39, 0.29) is 24.5 Å². The van der Waals surface area contributed by atoms with Crippen molar-refractivity contribution in [1.29, 1.82) is 0 Å². The summed E-state index contributed by atoms with van der Waals surface area (Å²) in [4.78, 5) is 14.8. The molecule has 0 aliphatic carbocycles. The van der Waals surface area contributed by atoms with E-state index in [2.05, 4.69) is 15.5 Å². The Morgan fingerprint density at radius 2 is 1.94 bits per heavy atom. The number of likely N-dealkylation sites (tertiary alicyclic amines) is 1. The lowest BCUT2D eigenvalue weighted by Gasteiger charge is -2.23. The van der Waals surface area contributed by atoms with Crippen LogP contribution in [0.4, 0.5) is 13.2 Å². The molecule has 9 heteroatoms. The number of carbonyl (C=O) groups excluding carboxylic acids is 1. The second-order valence-corrected chi connectivity index (χ2v) is 8.31. The predicted octanol–water partition coefficient (Wildman–Crippen LogP) is 3.85. The van der Waals surface area contributed by atoms with E-state index in [9.17, 15) is 18.0 Å². The fraction of sp³-hybridized carbons (Fsp3) is 0.435. The van der Waals surface area contributed by atoms with Crippen LogP contribution in [-0.2, 0) is 28.8 Å². The van der Waals surface area contributed by atoms with E-state index in [0.29, 0.717) is 43.2 Å². The van der Waals surface area contributed by atoms with Gasteiger partial charge in [-0.1, -0.05) is 41.9 Å². The maximum absolute atomic E-state index is 13.0. The Hall–Kier alpha value is -2.13. The Kier molecular flexibility index (Phi) is 8.53. The van der Waals surface area contributed by atoms with Gasteiger partial charge < -0.3 is 15.4 Å². The fourth-order valence-electron chi connectivity index (χ4n) is 3.88. The molecule has 3 rings (SSSR count). The molecule has 1 aliphatic heterocycles. The van der Waals surface area contributed by atoms with Gasteiger partial charge in [-0.3, -0.25) is 9.69 Å². The van der Waals surface area contributed by atoms with E-state index < -0.39 is 11.7 Å². The number of carbonyl (C=O) groups is 1. The molecule has 1 fully saturated rings. The third-order valence-corrected chi connectivity index (χ3v) is 5.67. The second kappa shape index (κ2) is 11.1. The molecular weight excluding hydrogens is 443 g/mol. The first-order chi connectivity index (χ1) is 15.3. The summed E-state index contributed by atoms with van der Waals surface area (Å²) in [5, 5.41) is 6.83. The number of hydrogen-bond acceptors (Lipinski definition) is 4. The van der Waals surface area contributed by atoms with Crippen LogP contribution in [-0.4, -0.2) is 49.7 Å². The zero-order chi connectivity index (χ0) is 23.1. The first-order valence-electron chi connectivity index (χ1n) is 10.4. The van der Waals surface area contributed by atoms with Crippen LogP contribution >= 0.6 is 11.6 Å². The zero-order valence-corrected chi connectivity index (χ0v) is 18.5. The highest BCUT2D eigenvalue weighted by Gasteiger charge is 2.36. The van der Waals surface area contributed by atoms with Gasteiger partial charge in [0.05, 0.1) is 18.2 Å². The molecule has 0 unspecified atom stereocenters. The van der Waals surface area contributed by atoms with Crippen LogP contribution in [0.1, 0.15) is 23.1 Å². The maximum atomic E-state index is 13.0. The van der Waals surface area contributed by atoms with Crippen molar-refractivity contribution in [3.05, 3.63) is 70.2 Å². The van der Waals surface area contributed by atoms with Crippen molar-refractivity contribution in [3.63, 3.8) is 0 Å². The summed E-state index contributed by atoms with van der Waals surface area (Å²) in [5.74, 6) is -0.0903. The van der Waals surface area contributed by atoms with E-state index in [4.69, 9.17) is 16.3 Å². The van der Waals surface area contributed by atoms with Gasteiger partial charge >= 0.3 is 6.18 Å². The number of nitrogens with one attached hydrogen (secondary N) is 2. The van der Waals surface area contributed by atoms with Gasteiger partial charge in [-0.25, -0.2) is 0 Å². The van der Waals surface area contributed by atoms with Crippen LogP contribution in [0.3, 0.4) is 0 Å². The second-order valence-electron chi connectivity index (χ2n) is 7.87. The molecule has 174 valence electrons. The molecule has 0 spiro atoms. The van der Waals surface area contributed by atoms with Crippen LogP contribution in [0.5, 0.6) is 0 Å². The zero-order valence-electron chi connectivity index (χ0n) is 17.8. The normalized spacial score (nSPS) is 19.3. The predicted molar refractivity (Wildman–Crippen MR) is 117 cm³/mol. The molecule has 1 aliphatic rings. The Morgan fingerprint density at radius 1 is 1.19 bits per heavy atom. The summed E-state index contributed by atoms with van der Waals surface area (Å²) < 4.78 is 43.9. The van der Waals surface area contributed by atoms with E-state index in [1.165, 1.54) is 6.07 Å². The topological polar surface area (TPSA) is 53.6 Å². The number of ether oxygens (including phenoxy) is 1. The molecule has 0 radical (unpaired) electrons. The number of benzene rings is 2. The van der Waals surface area contributed by atoms with E-state index in [1.807, 2.05) is 18.2 Å². The Morgan fingerprint density at radius 3 is 2.66 bits per heavy atom. The molecule has 0 aromatic heterocycles. The van der Waals surface area contributed by atoms with Crippen molar-refractivity contribution >= 4 is 17.5 Å². The van der Waals surface area contributed by atoms with Crippen molar-refractivity contribution in [1.82, 2.24) is 15.5 Å². The molecular formula is C23H27ClF3N3O2. The average Bonchev–Trinajstić information content (AvgIpc) is 3.15. The number of methoxy groups -OCH3 is 1. The summed E-state index contributed by atoms with van der Waals surface area (Å²) in [6.45, 7) is 2.26. The lowest BCUT2D eigenvalue weighted by atomic mass is 10.1. The van der Waals surface area contributed by atoms with Crippen LogP contribution < -0.4 is 10.6 Å². The van der Waals surface area contributed by atoms with Crippen molar-refractivity contribution in [2.45, 2.75) is 37.8 Å². The van der Waals surface area contributed by atoms with Gasteiger partial charge in [0, 0.05) is 44.4 Å². The van der Waals surface area contributed by atoms with Crippen LogP contribution in [0, 0.1) is 0 Å². The van der Waals surface area contributed by atoms with Gasteiger partial charge in [0.25, 0.3) is 0 Å². The van der Waals surface area contributed by atoms with Gasteiger partial charge in [0.1, 0.15) is 0 Å². The van der Waals surface area contributed by atoms with Gasteiger partial charge in [0.15, 0.2) is 0 Å². The number of hydrogen-bond donors (Lipinski definition) is 2. The molecule has 1 heterocycles. The van der Waals surface area contributed by atoms with Crippen molar-refractivity contribution in [2.75, 3.05) is 26.8 Å². The number of rotatable bonds is 9. The van der Waals surface area contributed by atoms with Crippen LogP contribution in [0.25, 0.3) is 0 Å². The molecule has 2 aromatic rings. The third kappa shape index (κ3) is 6.93. The Bertz CT molecular complexity index is 910.